The van der Waals surface area contributed by atoms with Crippen molar-refractivity contribution < 1.29 is 27.8 Å². The number of piperidine rings is 1. The van der Waals surface area contributed by atoms with Crippen molar-refractivity contribution in [3.05, 3.63) is 34.8 Å². The third-order valence-corrected chi connectivity index (χ3v) is 6.90. The zero-order valence-corrected chi connectivity index (χ0v) is 19.5. The number of carbonyl (C=O) groups is 1. The molecule has 1 aliphatic rings. The molecule has 2 aromatic heterocycles. The molecule has 0 aliphatic carbocycles. The van der Waals surface area contributed by atoms with Gasteiger partial charge in [0.15, 0.2) is 0 Å². The molecule has 0 spiro atoms. The summed E-state index contributed by atoms with van der Waals surface area (Å²) in [5.41, 5.74) is -0.798. The SMILES string of the molecule is CCOc1ccc(C(F)(F)F)nc1-c1ccc(CN2C[C@H](C(=O)O)C[C@@H](C(C)(C)C)C2)s1. The van der Waals surface area contributed by atoms with Gasteiger partial charge >= 0.3 is 12.1 Å². The number of rotatable bonds is 6. The molecule has 0 unspecified atom stereocenters. The largest absolute Gasteiger partial charge is 0.492 e. The van der Waals surface area contributed by atoms with Gasteiger partial charge in [-0.1, -0.05) is 20.8 Å². The predicted octanol–water partition coefficient (Wildman–Crippen LogP) is 5.80. The van der Waals surface area contributed by atoms with Crippen LogP contribution >= 0.6 is 11.3 Å². The molecule has 2 aromatic rings. The summed E-state index contributed by atoms with van der Waals surface area (Å²) in [7, 11) is 0. The highest BCUT2D eigenvalue weighted by atomic mass is 32.1. The molecule has 1 N–H and O–H groups in total. The highest BCUT2D eigenvalue weighted by Gasteiger charge is 2.37. The first-order valence-corrected chi connectivity index (χ1v) is 11.5. The fourth-order valence-corrected chi connectivity index (χ4v) is 5.03. The summed E-state index contributed by atoms with van der Waals surface area (Å²) in [6.45, 7) is 10.2. The number of aliphatic carboxylic acids is 1. The molecular weight excluding hydrogens is 441 g/mol. The van der Waals surface area contributed by atoms with Crippen molar-refractivity contribution >= 4 is 17.3 Å². The number of carboxylic acids is 1. The van der Waals surface area contributed by atoms with Crippen LogP contribution in [0.15, 0.2) is 24.3 Å². The van der Waals surface area contributed by atoms with Crippen LogP contribution in [0.5, 0.6) is 5.75 Å². The number of likely N-dealkylation sites (tertiary alicyclic amines) is 1. The molecule has 3 rings (SSSR count). The molecule has 176 valence electrons. The average Bonchev–Trinajstić information content (AvgIpc) is 3.15. The van der Waals surface area contributed by atoms with Gasteiger partial charge in [0, 0.05) is 24.5 Å². The Kier molecular flexibility index (Phi) is 7.19. The first-order chi connectivity index (χ1) is 14.9. The molecular formula is C23H29F3N2O3S. The number of pyridine rings is 1. The van der Waals surface area contributed by atoms with Crippen LogP contribution in [0.2, 0.25) is 0 Å². The number of halogens is 3. The number of carboxylic acid groups (broad SMARTS) is 1. The van der Waals surface area contributed by atoms with E-state index in [1.807, 2.05) is 6.07 Å². The molecule has 1 saturated heterocycles. The van der Waals surface area contributed by atoms with E-state index in [1.165, 1.54) is 17.4 Å². The highest BCUT2D eigenvalue weighted by molar-refractivity contribution is 7.15. The van der Waals surface area contributed by atoms with E-state index in [0.29, 0.717) is 36.7 Å². The van der Waals surface area contributed by atoms with E-state index < -0.39 is 23.8 Å². The molecule has 1 fully saturated rings. The number of ether oxygens (including phenoxy) is 1. The first kappa shape index (κ1) is 24.5. The fraction of sp³-hybridized carbons (Fsp3) is 0.565. The van der Waals surface area contributed by atoms with Crippen molar-refractivity contribution in [2.45, 2.75) is 46.8 Å². The van der Waals surface area contributed by atoms with Gasteiger partial charge in [-0.3, -0.25) is 9.69 Å². The Labute approximate surface area is 190 Å². The lowest BCUT2D eigenvalue weighted by molar-refractivity contribution is -0.145. The van der Waals surface area contributed by atoms with E-state index in [1.54, 1.807) is 13.0 Å². The minimum atomic E-state index is -4.54. The molecule has 0 aromatic carbocycles. The maximum atomic E-state index is 13.2. The summed E-state index contributed by atoms with van der Waals surface area (Å²) in [6, 6.07) is 5.86. The highest BCUT2D eigenvalue weighted by Crippen LogP contribution is 2.39. The Morgan fingerprint density at radius 3 is 2.53 bits per heavy atom. The van der Waals surface area contributed by atoms with Crippen molar-refractivity contribution in [3.8, 4) is 16.3 Å². The minimum absolute atomic E-state index is 0.0126. The van der Waals surface area contributed by atoms with Crippen LogP contribution in [0.1, 0.15) is 44.7 Å². The summed E-state index contributed by atoms with van der Waals surface area (Å²) in [4.78, 5) is 19.2. The zero-order chi connectivity index (χ0) is 23.7. The number of aromatic nitrogens is 1. The van der Waals surface area contributed by atoms with Crippen LogP contribution in [0.25, 0.3) is 10.6 Å². The van der Waals surface area contributed by atoms with Crippen molar-refractivity contribution in [1.82, 2.24) is 9.88 Å². The van der Waals surface area contributed by atoms with Gasteiger partial charge in [0.25, 0.3) is 0 Å². The van der Waals surface area contributed by atoms with Crippen molar-refractivity contribution in [1.29, 1.82) is 0 Å². The summed E-state index contributed by atoms with van der Waals surface area (Å²) in [5, 5.41) is 9.59. The van der Waals surface area contributed by atoms with Gasteiger partial charge in [-0.15, -0.1) is 11.3 Å². The van der Waals surface area contributed by atoms with E-state index in [4.69, 9.17) is 4.74 Å². The topological polar surface area (TPSA) is 62.7 Å². The van der Waals surface area contributed by atoms with Gasteiger partial charge in [0.1, 0.15) is 17.1 Å². The Bertz CT molecular complexity index is 953. The Balaban J connectivity index is 1.85. The molecule has 1 aliphatic heterocycles. The molecule has 0 amide bonds. The van der Waals surface area contributed by atoms with Gasteiger partial charge in [0.2, 0.25) is 0 Å². The predicted molar refractivity (Wildman–Crippen MR) is 118 cm³/mol. The van der Waals surface area contributed by atoms with Gasteiger partial charge in [-0.25, -0.2) is 4.98 Å². The van der Waals surface area contributed by atoms with Crippen LogP contribution in [0, 0.1) is 17.3 Å². The molecule has 3 heterocycles. The number of thiophene rings is 1. The van der Waals surface area contributed by atoms with Crippen molar-refractivity contribution in [3.63, 3.8) is 0 Å². The van der Waals surface area contributed by atoms with E-state index >= 15 is 0 Å². The van der Waals surface area contributed by atoms with Gasteiger partial charge < -0.3 is 9.84 Å². The molecule has 0 radical (unpaired) electrons. The molecule has 0 bridgehead atoms. The van der Waals surface area contributed by atoms with Crippen LogP contribution < -0.4 is 4.74 Å². The fourth-order valence-electron chi connectivity index (χ4n) is 3.99. The zero-order valence-electron chi connectivity index (χ0n) is 18.7. The normalized spacial score (nSPS) is 20.3. The Morgan fingerprint density at radius 1 is 1.22 bits per heavy atom. The number of hydrogen-bond donors (Lipinski definition) is 1. The molecule has 5 nitrogen and oxygen atoms in total. The van der Waals surface area contributed by atoms with Crippen LogP contribution in [-0.4, -0.2) is 40.7 Å². The van der Waals surface area contributed by atoms with Gasteiger partial charge in [-0.2, -0.15) is 13.2 Å². The molecule has 0 saturated carbocycles. The smallest absolute Gasteiger partial charge is 0.433 e. The van der Waals surface area contributed by atoms with Crippen molar-refractivity contribution in [2.75, 3.05) is 19.7 Å². The summed E-state index contributed by atoms with van der Waals surface area (Å²) in [6.07, 6.45) is -3.89. The van der Waals surface area contributed by atoms with Crippen LogP contribution in [-0.2, 0) is 17.5 Å². The lowest BCUT2D eigenvalue weighted by atomic mass is 9.73. The second kappa shape index (κ2) is 9.39. The standard InChI is InChI=1S/C23H29F3N2O3S/c1-5-31-17-7-9-19(23(24,25)26)27-20(17)18-8-6-16(32-18)13-28-11-14(21(29)30)10-15(12-28)22(2,3)4/h6-9,14-15H,5,10-13H2,1-4H3,(H,29,30)/t14-,15-/m1/s1. The van der Waals surface area contributed by atoms with Crippen LogP contribution in [0.4, 0.5) is 13.2 Å². The third kappa shape index (κ3) is 5.81. The summed E-state index contributed by atoms with van der Waals surface area (Å²) >= 11 is 1.36. The lowest BCUT2D eigenvalue weighted by Gasteiger charge is -2.42. The van der Waals surface area contributed by atoms with Crippen LogP contribution in [0.3, 0.4) is 0 Å². The quantitative estimate of drug-likeness (QED) is 0.578. The maximum Gasteiger partial charge on any atom is 0.433 e. The monoisotopic (exact) mass is 470 g/mol. The average molecular weight is 471 g/mol. The Hall–Kier alpha value is -2.13. The molecule has 32 heavy (non-hydrogen) atoms. The van der Waals surface area contributed by atoms with Crippen molar-refractivity contribution in [2.24, 2.45) is 17.3 Å². The van der Waals surface area contributed by atoms with E-state index in [2.05, 4.69) is 30.7 Å². The molecule has 9 heteroatoms. The lowest BCUT2D eigenvalue weighted by Crippen LogP contribution is -2.46. The summed E-state index contributed by atoms with van der Waals surface area (Å²) in [5.74, 6) is -0.662. The van der Waals surface area contributed by atoms with E-state index in [0.717, 1.165) is 17.5 Å². The third-order valence-electron chi connectivity index (χ3n) is 5.82. The van der Waals surface area contributed by atoms with Gasteiger partial charge in [0.05, 0.1) is 17.4 Å². The number of hydrogen-bond acceptors (Lipinski definition) is 5. The van der Waals surface area contributed by atoms with Gasteiger partial charge in [-0.05, 0) is 48.9 Å². The first-order valence-electron chi connectivity index (χ1n) is 10.6. The second-order valence-electron chi connectivity index (χ2n) is 9.27. The summed E-state index contributed by atoms with van der Waals surface area (Å²) < 4.78 is 45.1. The Morgan fingerprint density at radius 2 is 1.94 bits per heavy atom. The number of nitrogens with zero attached hydrogens (tertiary/aromatic N) is 2. The second-order valence-corrected chi connectivity index (χ2v) is 10.4. The number of alkyl halides is 3. The maximum absolute atomic E-state index is 13.2. The minimum Gasteiger partial charge on any atom is -0.492 e. The van der Waals surface area contributed by atoms with E-state index in [-0.39, 0.29) is 17.0 Å². The molecule has 2 atom stereocenters. The van der Waals surface area contributed by atoms with E-state index in [9.17, 15) is 23.1 Å².